The first-order chi connectivity index (χ1) is 8.91. The van der Waals surface area contributed by atoms with Gasteiger partial charge in [0.2, 0.25) is 0 Å². The molecule has 0 heterocycles. The lowest BCUT2D eigenvalue weighted by Gasteiger charge is -2.02. The number of allylic oxidation sites excluding steroid dienone is 2. The van der Waals surface area contributed by atoms with E-state index in [9.17, 15) is 0 Å². The highest BCUT2D eigenvalue weighted by Crippen LogP contribution is 2.12. The molecule has 0 spiro atoms. The van der Waals surface area contributed by atoms with E-state index >= 15 is 0 Å². The van der Waals surface area contributed by atoms with Gasteiger partial charge in [0.25, 0.3) is 0 Å². The molecule has 0 atom stereocenters. The Labute approximate surface area is 115 Å². The summed E-state index contributed by atoms with van der Waals surface area (Å²) in [5.74, 6) is 0. The fourth-order valence-corrected chi connectivity index (χ4v) is 2.25. The molecule has 0 amide bonds. The Morgan fingerprint density at radius 1 is 0.611 bits per heavy atom. The molecular formula is C17H34O. The van der Waals surface area contributed by atoms with Crippen LogP contribution in [0, 0.1) is 0 Å². The third-order valence-electron chi connectivity index (χ3n) is 3.43. The molecule has 0 aliphatic carbocycles. The predicted octanol–water partition coefficient (Wildman–Crippen LogP) is 5.63. The topological polar surface area (TPSA) is 20.2 Å². The molecular weight excluding hydrogens is 220 g/mol. The minimum absolute atomic E-state index is 0.368. The van der Waals surface area contributed by atoms with Crippen LogP contribution in [0.25, 0.3) is 0 Å². The largest absolute Gasteiger partial charge is 0.396 e. The Hall–Kier alpha value is -0.300. The summed E-state index contributed by atoms with van der Waals surface area (Å²) in [4.78, 5) is 0. The molecule has 0 saturated carbocycles. The van der Waals surface area contributed by atoms with Crippen molar-refractivity contribution < 1.29 is 5.11 Å². The minimum Gasteiger partial charge on any atom is -0.396 e. The minimum atomic E-state index is 0.368. The van der Waals surface area contributed by atoms with E-state index in [2.05, 4.69) is 19.1 Å². The molecule has 1 nitrogen and oxygen atoms in total. The van der Waals surface area contributed by atoms with Crippen LogP contribution in [-0.2, 0) is 0 Å². The first kappa shape index (κ1) is 17.7. The molecule has 0 aliphatic heterocycles. The van der Waals surface area contributed by atoms with Crippen molar-refractivity contribution in [2.45, 2.75) is 90.4 Å². The van der Waals surface area contributed by atoms with Gasteiger partial charge in [-0.15, -0.1) is 0 Å². The van der Waals surface area contributed by atoms with Crippen molar-refractivity contribution in [1.82, 2.24) is 0 Å². The van der Waals surface area contributed by atoms with Gasteiger partial charge in [0.15, 0.2) is 0 Å². The monoisotopic (exact) mass is 254 g/mol. The van der Waals surface area contributed by atoms with Crippen LogP contribution in [0.4, 0.5) is 0 Å². The standard InChI is InChI=1S/C17H34O/c1-2-3-4-5-6-7-8-9-10-11-12-13-14-15-16-17-18/h3-4,18H,2,5-17H2,1H3/b4-3-. The fraction of sp³-hybridized carbons (Fsp3) is 0.882. The summed E-state index contributed by atoms with van der Waals surface area (Å²) in [5.41, 5.74) is 0. The maximum absolute atomic E-state index is 8.65. The molecule has 0 aliphatic rings. The van der Waals surface area contributed by atoms with Gasteiger partial charge < -0.3 is 5.11 Å². The molecule has 1 heteroatoms. The van der Waals surface area contributed by atoms with Gasteiger partial charge in [0.05, 0.1) is 0 Å². The molecule has 0 radical (unpaired) electrons. The van der Waals surface area contributed by atoms with Gasteiger partial charge in [0.1, 0.15) is 0 Å². The number of aliphatic hydroxyl groups excluding tert-OH is 1. The van der Waals surface area contributed by atoms with E-state index in [4.69, 9.17) is 5.11 Å². The van der Waals surface area contributed by atoms with Crippen LogP contribution in [0.3, 0.4) is 0 Å². The molecule has 18 heavy (non-hydrogen) atoms. The van der Waals surface area contributed by atoms with Gasteiger partial charge in [-0.1, -0.05) is 76.9 Å². The third kappa shape index (κ3) is 15.7. The second-order valence-corrected chi connectivity index (χ2v) is 5.28. The number of aliphatic hydroxyl groups is 1. The normalized spacial score (nSPS) is 11.4. The average Bonchev–Trinajstić information content (AvgIpc) is 2.39. The summed E-state index contributed by atoms with van der Waals surface area (Å²) >= 11 is 0. The van der Waals surface area contributed by atoms with E-state index < -0.39 is 0 Å². The molecule has 0 unspecified atom stereocenters. The van der Waals surface area contributed by atoms with Gasteiger partial charge in [-0.25, -0.2) is 0 Å². The zero-order valence-corrected chi connectivity index (χ0v) is 12.5. The van der Waals surface area contributed by atoms with E-state index in [0.29, 0.717) is 6.61 Å². The Balaban J connectivity index is 2.92. The van der Waals surface area contributed by atoms with Crippen molar-refractivity contribution in [2.24, 2.45) is 0 Å². The van der Waals surface area contributed by atoms with Crippen LogP contribution in [0.5, 0.6) is 0 Å². The summed E-state index contributed by atoms with van der Waals surface area (Å²) in [6.07, 6.45) is 21.8. The number of rotatable bonds is 14. The smallest absolute Gasteiger partial charge is 0.0431 e. The van der Waals surface area contributed by atoms with E-state index in [1.165, 1.54) is 77.0 Å². The lowest BCUT2D eigenvalue weighted by molar-refractivity contribution is 0.282. The van der Waals surface area contributed by atoms with Crippen LogP contribution in [-0.4, -0.2) is 11.7 Å². The molecule has 0 rings (SSSR count). The molecule has 1 N–H and O–H groups in total. The summed E-state index contributed by atoms with van der Waals surface area (Å²) in [5, 5.41) is 8.65. The van der Waals surface area contributed by atoms with Gasteiger partial charge in [0, 0.05) is 6.61 Å². The highest BCUT2D eigenvalue weighted by Gasteiger charge is 1.92. The number of hydrogen-bond donors (Lipinski definition) is 1. The van der Waals surface area contributed by atoms with E-state index in [1.807, 2.05) is 0 Å². The van der Waals surface area contributed by atoms with Crippen molar-refractivity contribution >= 4 is 0 Å². The average molecular weight is 254 g/mol. The van der Waals surface area contributed by atoms with Crippen molar-refractivity contribution in [3.8, 4) is 0 Å². The van der Waals surface area contributed by atoms with Gasteiger partial charge in [-0.05, 0) is 25.7 Å². The summed E-state index contributed by atoms with van der Waals surface area (Å²) in [6, 6.07) is 0. The van der Waals surface area contributed by atoms with Crippen LogP contribution < -0.4 is 0 Å². The molecule has 108 valence electrons. The Bertz CT molecular complexity index is 163. The van der Waals surface area contributed by atoms with Gasteiger partial charge in [-0.2, -0.15) is 0 Å². The molecule has 0 bridgehead atoms. The van der Waals surface area contributed by atoms with Crippen LogP contribution in [0.1, 0.15) is 90.4 Å². The summed E-state index contributed by atoms with van der Waals surface area (Å²) in [7, 11) is 0. The summed E-state index contributed by atoms with van der Waals surface area (Å²) < 4.78 is 0. The number of hydrogen-bond acceptors (Lipinski definition) is 1. The third-order valence-corrected chi connectivity index (χ3v) is 3.43. The van der Waals surface area contributed by atoms with E-state index in [0.717, 1.165) is 6.42 Å². The molecule has 0 fully saturated rings. The van der Waals surface area contributed by atoms with E-state index in [1.54, 1.807) is 0 Å². The zero-order valence-electron chi connectivity index (χ0n) is 12.5. The Morgan fingerprint density at radius 2 is 1.06 bits per heavy atom. The second kappa shape index (κ2) is 16.7. The maximum atomic E-state index is 8.65. The lowest BCUT2D eigenvalue weighted by Crippen LogP contribution is -1.84. The maximum Gasteiger partial charge on any atom is 0.0431 e. The predicted molar refractivity (Wildman–Crippen MR) is 81.9 cm³/mol. The van der Waals surface area contributed by atoms with Crippen molar-refractivity contribution in [3.05, 3.63) is 12.2 Å². The van der Waals surface area contributed by atoms with Crippen LogP contribution in [0.15, 0.2) is 12.2 Å². The van der Waals surface area contributed by atoms with Crippen molar-refractivity contribution in [2.75, 3.05) is 6.61 Å². The highest BCUT2D eigenvalue weighted by atomic mass is 16.2. The zero-order chi connectivity index (χ0) is 13.3. The highest BCUT2D eigenvalue weighted by molar-refractivity contribution is 4.79. The first-order valence-electron chi connectivity index (χ1n) is 8.17. The Morgan fingerprint density at radius 3 is 1.50 bits per heavy atom. The SMILES string of the molecule is CC/C=C\CCCCCCCCCCCCCO. The molecule has 0 aromatic heterocycles. The first-order valence-corrected chi connectivity index (χ1v) is 8.17. The van der Waals surface area contributed by atoms with Crippen molar-refractivity contribution in [3.63, 3.8) is 0 Å². The lowest BCUT2D eigenvalue weighted by atomic mass is 10.1. The quantitative estimate of drug-likeness (QED) is 0.315. The van der Waals surface area contributed by atoms with Crippen LogP contribution in [0.2, 0.25) is 0 Å². The molecule has 0 aromatic rings. The number of unbranched alkanes of at least 4 members (excludes halogenated alkanes) is 11. The van der Waals surface area contributed by atoms with E-state index in [-0.39, 0.29) is 0 Å². The van der Waals surface area contributed by atoms with Crippen molar-refractivity contribution in [1.29, 1.82) is 0 Å². The summed E-state index contributed by atoms with van der Waals surface area (Å²) in [6.45, 7) is 2.56. The molecule has 0 saturated heterocycles. The fourth-order valence-electron chi connectivity index (χ4n) is 2.25. The second-order valence-electron chi connectivity index (χ2n) is 5.28. The van der Waals surface area contributed by atoms with Gasteiger partial charge >= 0.3 is 0 Å². The van der Waals surface area contributed by atoms with Gasteiger partial charge in [-0.3, -0.25) is 0 Å². The molecule has 0 aromatic carbocycles. The Kier molecular flexibility index (Phi) is 16.4. The van der Waals surface area contributed by atoms with Crippen LogP contribution >= 0.6 is 0 Å².